The van der Waals surface area contributed by atoms with E-state index in [1.807, 2.05) is 0 Å². The van der Waals surface area contributed by atoms with Crippen LogP contribution in [0.4, 0.5) is 0 Å². The average Bonchev–Trinajstić information content (AvgIpc) is 1.59. The minimum atomic E-state index is 0.181. The fourth-order valence-electron chi connectivity index (χ4n) is 23.1. The Bertz CT molecular complexity index is 9520. The van der Waals surface area contributed by atoms with Gasteiger partial charge in [0.25, 0.3) is 0 Å². The van der Waals surface area contributed by atoms with Crippen LogP contribution in [0, 0.1) is 5.92 Å². The highest BCUT2D eigenvalue weighted by molar-refractivity contribution is 6.18. The molecule has 2 atom stereocenters. The Hall–Kier alpha value is -17.3. The SMILES string of the molecule is CC1CC=C(n2c3ccccc3c3cc(C4=CC=CC(c5ccc6c(c5)c5cc(-c7cccc(-n8c9ccccc9c9ccccc98)c7)ccc5n6-c5ccccc5)C4)ccc32)C=C1c1ccc2c(c1)c1ccccc1n2-c1cccc(-c2ccc3c(c2)c2ccccc2n3-c2cccc(-c3ccc4c(c3)c3ccccc3n4-c3cccc(-n4c5ccccc5c5ccccc54)c3)c2)c1. The molecule has 19 aromatic carbocycles. The molecule has 7 aromatic heterocycles. The van der Waals surface area contributed by atoms with Crippen LogP contribution in [0.25, 0.3) is 237 Å². The number of para-hydroxylation sites is 9. The molecule has 0 radical (unpaired) electrons. The van der Waals surface area contributed by atoms with Crippen LogP contribution in [0.3, 0.4) is 0 Å². The summed E-state index contributed by atoms with van der Waals surface area (Å²) < 4.78 is 17.2. The Morgan fingerprint density at radius 2 is 0.485 bits per heavy atom. The number of benzene rings is 19. The molecule has 0 aliphatic heterocycles. The van der Waals surface area contributed by atoms with Gasteiger partial charge in [-0.05, 0) is 274 Å². The summed E-state index contributed by atoms with van der Waals surface area (Å²) in [5.41, 5.74) is 38.2. The van der Waals surface area contributed by atoms with E-state index in [2.05, 4.69) is 500 Å². The molecule has 0 amide bonds. The average molecular weight is 1710 g/mol. The lowest BCUT2D eigenvalue weighted by atomic mass is 9.85. The van der Waals surface area contributed by atoms with Crippen molar-refractivity contribution in [2.45, 2.75) is 25.7 Å². The van der Waals surface area contributed by atoms with Crippen molar-refractivity contribution < 1.29 is 0 Å². The van der Waals surface area contributed by atoms with E-state index in [1.165, 1.54) is 208 Å². The zero-order valence-electron chi connectivity index (χ0n) is 73.6. The Balaban J connectivity index is 0.469. The standard InChI is InChI=1S/C127H85N7/c1-80-54-61-98(134-121-53-20-11-44-105(121)108-72-86(55-62-124(108)134)81-26-21-27-82(68-81)87-56-65-126-112(75-87)113-76-90(59-66-127(113)128(126)92-31-3-2-4-32-92)85-30-22-33-93(69-85)129-114-46-13-5-38-99(114)100-39-6-14-47-115(100)129)79-107(80)91-60-67-125-111(77-91)106-45-12-18-51-119(106)131(125)95-35-24-29-84(71-95)88-57-63-122-109(73-88)103-42-9-17-50-118(103)130(122)94-34-23-28-83(70-94)89-58-64-123-110(74-89)104-43-10-19-52-120(104)133(123)97-37-25-36-96(78-97)132-116-48-15-7-40-101(116)102-41-8-16-49-117(102)132/h2-53,55-67,69-80,82H,54,68H2,1H3. The molecule has 28 rings (SSSR count). The number of fused-ring (bicyclic) bond motifs is 21. The molecule has 7 heteroatoms. The van der Waals surface area contributed by atoms with Gasteiger partial charge < -0.3 is 32.0 Å². The van der Waals surface area contributed by atoms with Gasteiger partial charge in [0.1, 0.15) is 0 Å². The number of aromatic nitrogens is 7. The van der Waals surface area contributed by atoms with Crippen molar-refractivity contribution in [3.63, 3.8) is 0 Å². The summed E-state index contributed by atoms with van der Waals surface area (Å²) in [6.45, 7) is 2.39. The van der Waals surface area contributed by atoms with Crippen LogP contribution in [-0.2, 0) is 0 Å². The largest absolute Gasteiger partial charge is 0.310 e. The second-order valence-electron chi connectivity index (χ2n) is 36.7. The molecule has 0 spiro atoms. The third kappa shape index (κ3) is 11.7. The van der Waals surface area contributed by atoms with Gasteiger partial charge in [0.05, 0.1) is 77.2 Å². The van der Waals surface area contributed by atoms with Crippen molar-refractivity contribution in [3.05, 3.63) is 478 Å². The predicted molar refractivity (Wildman–Crippen MR) is 565 cm³/mol. The quantitative estimate of drug-likeness (QED) is 0.110. The van der Waals surface area contributed by atoms with E-state index < -0.39 is 0 Å². The topological polar surface area (TPSA) is 34.5 Å². The van der Waals surface area contributed by atoms with Gasteiger partial charge >= 0.3 is 0 Å². The van der Waals surface area contributed by atoms with Crippen molar-refractivity contribution in [2.24, 2.45) is 5.92 Å². The minimum absolute atomic E-state index is 0.181. The number of hydrogen-bond acceptors (Lipinski definition) is 0. The van der Waals surface area contributed by atoms with E-state index in [0.29, 0.717) is 5.92 Å². The lowest BCUT2D eigenvalue weighted by molar-refractivity contribution is 0.757. The highest BCUT2D eigenvalue weighted by atomic mass is 15.0. The fourth-order valence-corrected chi connectivity index (χ4v) is 23.1. The van der Waals surface area contributed by atoms with Gasteiger partial charge in [0, 0.05) is 121 Å². The highest BCUT2D eigenvalue weighted by Crippen LogP contribution is 2.48. The van der Waals surface area contributed by atoms with Crippen LogP contribution >= 0.6 is 0 Å². The summed E-state index contributed by atoms with van der Waals surface area (Å²) in [5, 5.41) is 17.4. The molecule has 0 saturated heterocycles. The summed E-state index contributed by atoms with van der Waals surface area (Å²) in [7, 11) is 0. The van der Waals surface area contributed by atoms with Crippen molar-refractivity contribution in [1.29, 1.82) is 0 Å². The molecule has 2 aliphatic carbocycles. The number of nitrogens with zero attached hydrogens (tertiary/aromatic N) is 7. The Kier molecular flexibility index (Phi) is 16.9. The van der Waals surface area contributed by atoms with Gasteiger partial charge in [0.15, 0.2) is 0 Å². The molecule has 7 heterocycles. The van der Waals surface area contributed by atoms with Gasteiger partial charge in [-0.15, -0.1) is 0 Å². The summed E-state index contributed by atoms with van der Waals surface area (Å²) in [6.07, 6.45) is 13.8. The lowest BCUT2D eigenvalue weighted by Crippen LogP contribution is -2.06. The number of allylic oxidation sites excluding steroid dienone is 8. The summed E-state index contributed by atoms with van der Waals surface area (Å²) in [6, 6.07) is 161. The first-order valence-electron chi connectivity index (χ1n) is 46.8. The maximum Gasteiger partial charge on any atom is 0.0541 e. The van der Waals surface area contributed by atoms with E-state index in [1.54, 1.807) is 0 Å². The normalized spacial score (nSPS) is 14.4. The van der Waals surface area contributed by atoms with Crippen LogP contribution in [0.5, 0.6) is 0 Å². The van der Waals surface area contributed by atoms with E-state index in [4.69, 9.17) is 0 Å². The number of hydrogen-bond donors (Lipinski definition) is 0. The first-order valence-corrected chi connectivity index (χ1v) is 46.8. The maximum atomic E-state index is 2.52. The smallest absolute Gasteiger partial charge is 0.0541 e. The zero-order chi connectivity index (χ0) is 87.9. The van der Waals surface area contributed by atoms with Crippen molar-refractivity contribution >= 4 is 169 Å². The molecule has 2 unspecified atom stereocenters. The molecule has 0 saturated carbocycles. The molecule has 0 fully saturated rings. The van der Waals surface area contributed by atoms with Gasteiger partial charge in [-0.3, -0.25) is 0 Å². The third-order valence-electron chi connectivity index (χ3n) is 29.3. The van der Waals surface area contributed by atoms with Gasteiger partial charge in [0.2, 0.25) is 0 Å². The van der Waals surface area contributed by atoms with Crippen LogP contribution in [0.15, 0.2) is 461 Å². The second kappa shape index (κ2) is 29.9. The van der Waals surface area contributed by atoms with Crippen molar-refractivity contribution in [2.75, 3.05) is 0 Å². The van der Waals surface area contributed by atoms with Gasteiger partial charge in [-0.1, -0.05) is 274 Å². The van der Waals surface area contributed by atoms with Gasteiger partial charge in [-0.2, -0.15) is 0 Å². The van der Waals surface area contributed by atoms with Crippen LogP contribution in [0.2, 0.25) is 0 Å². The molecule has 7 nitrogen and oxygen atoms in total. The fraction of sp³-hybridized carbons (Fsp3) is 0.0394. The first-order chi connectivity index (χ1) is 66.4. The van der Waals surface area contributed by atoms with E-state index in [9.17, 15) is 0 Å². The monoisotopic (exact) mass is 1710 g/mol. The van der Waals surface area contributed by atoms with Crippen molar-refractivity contribution in [1.82, 2.24) is 32.0 Å². The summed E-state index contributed by atoms with van der Waals surface area (Å²) >= 11 is 0. The molecular formula is C127H85N7. The molecule has 0 N–H and O–H groups in total. The summed E-state index contributed by atoms with van der Waals surface area (Å²) in [4.78, 5) is 0. The third-order valence-corrected chi connectivity index (χ3v) is 29.3. The van der Waals surface area contributed by atoms with E-state index >= 15 is 0 Å². The molecule has 628 valence electrons. The maximum absolute atomic E-state index is 2.52. The molecule has 26 aromatic rings. The van der Waals surface area contributed by atoms with Crippen LogP contribution < -0.4 is 0 Å². The summed E-state index contributed by atoms with van der Waals surface area (Å²) in [5.74, 6) is 0.484. The lowest BCUT2D eigenvalue weighted by Gasteiger charge is -2.23. The molecule has 0 bridgehead atoms. The minimum Gasteiger partial charge on any atom is -0.310 e. The van der Waals surface area contributed by atoms with E-state index in [0.717, 1.165) is 58.1 Å². The molecule has 134 heavy (non-hydrogen) atoms. The van der Waals surface area contributed by atoms with Crippen LogP contribution in [-0.4, -0.2) is 32.0 Å². The van der Waals surface area contributed by atoms with E-state index in [-0.39, 0.29) is 5.92 Å². The Morgan fingerprint density at radius 3 is 0.896 bits per heavy atom. The second-order valence-corrected chi connectivity index (χ2v) is 36.7. The Labute approximate surface area is 773 Å². The Morgan fingerprint density at radius 1 is 0.209 bits per heavy atom. The first kappa shape index (κ1) is 75.7. The van der Waals surface area contributed by atoms with Crippen LogP contribution in [0.1, 0.15) is 42.4 Å². The zero-order valence-corrected chi connectivity index (χ0v) is 73.6. The highest BCUT2D eigenvalue weighted by Gasteiger charge is 2.27. The van der Waals surface area contributed by atoms with Crippen molar-refractivity contribution in [3.8, 4) is 67.5 Å². The number of rotatable bonds is 13. The van der Waals surface area contributed by atoms with Gasteiger partial charge in [-0.25, -0.2) is 0 Å². The predicted octanol–water partition coefficient (Wildman–Crippen LogP) is 33.5. The molecule has 2 aliphatic rings. The molecular weight excluding hydrogens is 1620 g/mol.